The Balaban J connectivity index is 1.96. The van der Waals surface area contributed by atoms with Gasteiger partial charge in [0.2, 0.25) is 0 Å². The highest BCUT2D eigenvalue weighted by Crippen LogP contribution is 2.59. The van der Waals surface area contributed by atoms with Crippen LogP contribution < -0.4 is 5.32 Å². The van der Waals surface area contributed by atoms with Gasteiger partial charge in [0.25, 0.3) is 0 Å². The highest BCUT2D eigenvalue weighted by molar-refractivity contribution is 7.54. The summed E-state index contributed by atoms with van der Waals surface area (Å²) < 4.78 is 32.7. The van der Waals surface area contributed by atoms with Gasteiger partial charge in [0, 0.05) is 11.1 Å². The minimum absolute atomic E-state index is 0.423. The second-order valence-electron chi connectivity index (χ2n) is 11.4. The first-order valence-electron chi connectivity index (χ1n) is 13.7. The molecule has 1 amide bonds. The summed E-state index contributed by atoms with van der Waals surface area (Å²) >= 11 is 0. The first-order chi connectivity index (χ1) is 18.9. The van der Waals surface area contributed by atoms with Gasteiger partial charge in [0.05, 0.1) is 24.0 Å². The fourth-order valence-electron chi connectivity index (χ4n) is 4.76. The lowest BCUT2D eigenvalue weighted by Crippen LogP contribution is -2.40. The van der Waals surface area contributed by atoms with E-state index in [-0.39, 0.29) is 0 Å². The van der Waals surface area contributed by atoms with Crippen LogP contribution in [0.25, 0.3) is 11.1 Å². The molecular weight excluding hydrogens is 523 g/mol. The monoisotopic (exact) mass is 562 g/mol. The number of carbonyl (C=O) groups excluding carboxylic acids is 1. The number of benzene rings is 3. The Bertz CT molecular complexity index is 1350. The average molecular weight is 563 g/mol. The van der Waals surface area contributed by atoms with Crippen LogP contribution in [0.3, 0.4) is 0 Å². The van der Waals surface area contributed by atoms with Gasteiger partial charge in [-0.2, -0.15) is 0 Å². The average Bonchev–Trinajstić information content (AvgIpc) is 3.18. The van der Waals surface area contributed by atoms with Crippen LogP contribution in [-0.4, -0.2) is 35.4 Å². The van der Waals surface area contributed by atoms with E-state index in [0.29, 0.717) is 11.3 Å². The molecule has 3 aromatic rings. The maximum absolute atomic E-state index is 14.9. The molecule has 0 fully saturated rings. The summed E-state index contributed by atoms with van der Waals surface area (Å²) in [5, 5.41) is 2.96. The Kier molecular flexibility index (Phi) is 8.99. The minimum atomic E-state index is -4.00. The fraction of sp³-hybridized carbons (Fsp3) is 0.375. The molecule has 0 spiro atoms. The lowest BCUT2D eigenvalue weighted by molar-refractivity contribution is 0.0498. The van der Waals surface area contributed by atoms with Gasteiger partial charge in [-0.1, -0.05) is 78.9 Å². The van der Waals surface area contributed by atoms with Crippen LogP contribution >= 0.6 is 7.60 Å². The Morgan fingerprint density at radius 1 is 0.750 bits per heavy atom. The van der Waals surface area contributed by atoms with Crippen molar-refractivity contribution in [3.63, 3.8) is 0 Å². The molecule has 8 heteroatoms. The molecule has 0 heterocycles. The zero-order valence-electron chi connectivity index (χ0n) is 24.3. The van der Waals surface area contributed by atoms with E-state index in [0.717, 1.165) is 22.3 Å². The summed E-state index contributed by atoms with van der Waals surface area (Å²) in [4.78, 5) is 18.4. The quantitative estimate of drug-likeness (QED) is 0.208. The Labute approximate surface area is 237 Å². The highest BCUT2D eigenvalue weighted by atomic mass is 31.2. The molecule has 4 rings (SSSR count). The molecule has 0 bridgehead atoms. The van der Waals surface area contributed by atoms with Crippen LogP contribution in [0.15, 0.2) is 83.9 Å². The van der Waals surface area contributed by atoms with Gasteiger partial charge in [0.1, 0.15) is 5.60 Å². The van der Waals surface area contributed by atoms with Crippen molar-refractivity contribution in [3.05, 3.63) is 95.6 Å². The third-order valence-corrected chi connectivity index (χ3v) is 8.58. The molecule has 40 heavy (non-hydrogen) atoms. The van der Waals surface area contributed by atoms with Crippen molar-refractivity contribution in [1.29, 1.82) is 0 Å². The van der Waals surface area contributed by atoms with Crippen LogP contribution in [-0.2, 0) is 18.3 Å². The predicted molar refractivity (Wildman–Crippen MR) is 160 cm³/mol. The molecule has 1 N–H and O–H groups in total. The molecule has 0 unspecified atom stereocenters. The normalized spacial score (nSPS) is 14.5. The van der Waals surface area contributed by atoms with Gasteiger partial charge in [-0.3, -0.25) is 9.56 Å². The standard InChI is InChI=1S/C32H39N2O5P/c1-21(2)38-40(36,39-22(3)4)30(28(23-15-9-8-10-16-23)34-31(35)37-32(5,6)7)33-29-26-19-13-11-17-24(26)25-18-12-14-20-27(25)29/h8-22,28,30H,1-7H3,(H,34,35)/t28-,30-/m0/s1. The summed E-state index contributed by atoms with van der Waals surface area (Å²) in [5.41, 5.74) is 4.54. The van der Waals surface area contributed by atoms with E-state index in [9.17, 15) is 9.36 Å². The van der Waals surface area contributed by atoms with Crippen molar-refractivity contribution in [2.45, 2.75) is 78.1 Å². The number of rotatable bonds is 9. The molecule has 1 aliphatic carbocycles. The van der Waals surface area contributed by atoms with Crippen LogP contribution in [0.1, 0.15) is 71.2 Å². The number of aliphatic imine (C=N–C) groups is 1. The molecule has 7 nitrogen and oxygen atoms in total. The minimum Gasteiger partial charge on any atom is -0.444 e. The molecule has 0 saturated heterocycles. The summed E-state index contributed by atoms with van der Waals surface area (Å²) in [6.07, 6.45) is -1.50. The van der Waals surface area contributed by atoms with Crippen LogP contribution in [0.5, 0.6) is 0 Å². The Hall–Kier alpha value is -3.25. The highest BCUT2D eigenvalue weighted by Gasteiger charge is 2.46. The summed E-state index contributed by atoms with van der Waals surface area (Å²) in [6.45, 7) is 12.6. The molecule has 3 aromatic carbocycles. The molecular formula is C32H39N2O5P. The van der Waals surface area contributed by atoms with Crippen molar-refractivity contribution in [3.8, 4) is 11.1 Å². The van der Waals surface area contributed by atoms with E-state index in [1.807, 2.05) is 78.9 Å². The Morgan fingerprint density at radius 2 is 1.20 bits per heavy atom. The van der Waals surface area contributed by atoms with Crippen molar-refractivity contribution >= 4 is 19.4 Å². The van der Waals surface area contributed by atoms with Crippen LogP contribution in [0.2, 0.25) is 0 Å². The van der Waals surface area contributed by atoms with Gasteiger partial charge in [0.15, 0.2) is 5.78 Å². The smallest absolute Gasteiger partial charge is 0.408 e. The summed E-state index contributed by atoms with van der Waals surface area (Å²) in [7, 11) is -4.00. The van der Waals surface area contributed by atoms with E-state index in [1.165, 1.54) is 0 Å². The van der Waals surface area contributed by atoms with Gasteiger partial charge in [-0.05, 0) is 65.2 Å². The van der Waals surface area contributed by atoms with Crippen molar-refractivity contribution < 1.29 is 23.1 Å². The maximum atomic E-state index is 14.9. The summed E-state index contributed by atoms with van der Waals surface area (Å²) in [5.74, 6) is -1.12. The number of hydrogen-bond acceptors (Lipinski definition) is 6. The second-order valence-corrected chi connectivity index (χ2v) is 13.4. The van der Waals surface area contributed by atoms with Crippen molar-refractivity contribution in [1.82, 2.24) is 5.32 Å². The van der Waals surface area contributed by atoms with Crippen molar-refractivity contribution in [2.75, 3.05) is 0 Å². The molecule has 0 radical (unpaired) electrons. The number of hydrogen-bond donors (Lipinski definition) is 1. The van der Waals surface area contributed by atoms with Crippen molar-refractivity contribution in [2.24, 2.45) is 4.99 Å². The van der Waals surface area contributed by atoms with Gasteiger partial charge in [-0.25, -0.2) is 4.79 Å². The number of alkyl carbamates (subject to hydrolysis) is 1. The first kappa shape index (κ1) is 29.7. The second kappa shape index (κ2) is 12.1. The molecule has 0 aromatic heterocycles. The van der Waals surface area contributed by atoms with Crippen LogP contribution in [0.4, 0.5) is 4.79 Å². The zero-order chi connectivity index (χ0) is 29.1. The van der Waals surface area contributed by atoms with Gasteiger partial charge >= 0.3 is 13.7 Å². The van der Waals surface area contributed by atoms with E-state index in [4.69, 9.17) is 18.8 Å². The first-order valence-corrected chi connectivity index (χ1v) is 15.3. The van der Waals surface area contributed by atoms with E-state index in [1.54, 1.807) is 48.5 Å². The van der Waals surface area contributed by atoms with E-state index in [2.05, 4.69) is 5.32 Å². The summed E-state index contributed by atoms with van der Waals surface area (Å²) in [6, 6.07) is 24.4. The molecule has 0 aliphatic heterocycles. The van der Waals surface area contributed by atoms with Gasteiger partial charge < -0.3 is 19.1 Å². The van der Waals surface area contributed by atoms with E-state index >= 15 is 0 Å². The topological polar surface area (TPSA) is 86.2 Å². The maximum Gasteiger partial charge on any atom is 0.408 e. The third-order valence-electron chi connectivity index (χ3n) is 6.08. The number of ether oxygens (including phenoxy) is 1. The predicted octanol–water partition coefficient (Wildman–Crippen LogP) is 8.14. The molecule has 212 valence electrons. The number of nitrogens with zero attached hydrogens (tertiary/aromatic N) is 1. The number of fused-ring (bicyclic) bond motifs is 3. The fourth-order valence-corrected chi connectivity index (χ4v) is 7.10. The number of nitrogens with one attached hydrogen (secondary N) is 1. The molecule has 0 saturated carbocycles. The largest absolute Gasteiger partial charge is 0.444 e. The zero-order valence-corrected chi connectivity index (χ0v) is 25.1. The lowest BCUT2D eigenvalue weighted by atomic mass is 10.1. The molecule has 2 atom stereocenters. The van der Waals surface area contributed by atoms with Gasteiger partial charge in [-0.15, -0.1) is 0 Å². The number of amides is 1. The third kappa shape index (κ3) is 6.90. The lowest BCUT2D eigenvalue weighted by Gasteiger charge is -2.34. The van der Waals surface area contributed by atoms with E-state index < -0.39 is 43.3 Å². The number of carbonyl (C=O) groups is 1. The SMILES string of the molecule is CC(C)OP(=O)(OC(C)C)[C@H](N=C1c2ccccc2-c2ccccc21)[C@@H](NC(=O)OC(C)(C)C)c1ccccc1. The Morgan fingerprint density at radius 3 is 1.65 bits per heavy atom. The van der Waals surface area contributed by atoms with Crippen LogP contribution in [0, 0.1) is 0 Å². The molecule has 1 aliphatic rings.